The summed E-state index contributed by atoms with van der Waals surface area (Å²) in [4.78, 5) is 3.03. The Hall–Kier alpha value is -0.620. The van der Waals surface area contributed by atoms with Gasteiger partial charge >= 0.3 is 0 Å². The van der Waals surface area contributed by atoms with Gasteiger partial charge in [0, 0.05) is 17.9 Å². The predicted octanol–water partition coefficient (Wildman–Crippen LogP) is 1.86. The number of hydrogen-bond donors (Lipinski definition) is 1. The van der Waals surface area contributed by atoms with Crippen LogP contribution in [0.5, 0.6) is 0 Å². The topological polar surface area (TPSA) is 54.9 Å². The zero-order valence-corrected chi connectivity index (χ0v) is 10.9. The van der Waals surface area contributed by atoms with Crippen LogP contribution in [-0.4, -0.2) is 29.5 Å². The van der Waals surface area contributed by atoms with Gasteiger partial charge in [0.2, 0.25) is 0 Å². The average Bonchev–Trinajstić information content (AvgIpc) is 2.60. The molecule has 0 radical (unpaired) electrons. The van der Waals surface area contributed by atoms with Crippen LogP contribution in [0.4, 0.5) is 0 Å². The van der Waals surface area contributed by atoms with Gasteiger partial charge in [0.25, 0.3) is 0 Å². The van der Waals surface area contributed by atoms with Crippen molar-refractivity contribution in [2.75, 3.05) is 11.5 Å². The van der Waals surface area contributed by atoms with Crippen molar-refractivity contribution in [2.24, 2.45) is 0 Å². The fourth-order valence-electron chi connectivity index (χ4n) is 2.22. The lowest BCUT2D eigenvalue weighted by Crippen LogP contribution is -2.26. The summed E-state index contributed by atoms with van der Waals surface area (Å²) in [7, 11) is -2.80. The van der Waals surface area contributed by atoms with E-state index in [0.717, 1.165) is 12.1 Å². The van der Waals surface area contributed by atoms with Gasteiger partial charge in [-0.3, -0.25) is 0 Å². The molecule has 0 aromatic carbocycles. The molecule has 0 spiro atoms. The summed E-state index contributed by atoms with van der Waals surface area (Å²) in [6, 6.07) is 0.247. The van der Waals surface area contributed by atoms with Crippen LogP contribution in [0.15, 0.2) is 6.20 Å². The van der Waals surface area contributed by atoms with Crippen molar-refractivity contribution in [3.8, 4) is 0 Å². The number of hydrogen-bond acceptors (Lipinski definition) is 3. The molecule has 16 heavy (non-hydrogen) atoms. The monoisotopic (exact) mass is 260 g/mol. The molecular weight excluding hydrogens is 244 g/mol. The highest BCUT2D eigenvalue weighted by Crippen LogP contribution is 2.25. The summed E-state index contributed by atoms with van der Waals surface area (Å²) in [6.07, 6.45) is 4.20. The number of imidazole rings is 1. The second-order valence-corrected chi connectivity index (χ2v) is 6.88. The molecule has 1 aromatic heterocycles. The van der Waals surface area contributed by atoms with Crippen LogP contribution in [0.1, 0.15) is 31.5 Å². The molecule has 1 aliphatic heterocycles. The van der Waals surface area contributed by atoms with E-state index in [9.17, 15) is 8.42 Å². The lowest BCUT2D eigenvalue weighted by atomic mass is 10.1. The third-order valence-electron chi connectivity index (χ3n) is 3.14. The maximum absolute atomic E-state index is 11.4. The standard InChI is InChI=1S/C10H16N2O2S2/c1-2-8-7-11-10(15)12(8)9-3-5-16(13,14)6-4-9/h7,9H,2-6H2,1H3,(H,11,15). The van der Waals surface area contributed by atoms with E-state index >= 15 is 0 Å². The van der Waals surface area contributed by atoms with Gasteiger partial charge in [0.15, 0.2) is 4.77 Å². The third-order valence-corrected chi connectivity index (χ3v) is 5.17. The molecule has 0 unspecified atom stereocenters. The fraction of sp³-hybridized carbons (Fsp3) is 0.700. The molecule has 0 atom stereocenters. The number of aryl methyl sites for hydroxylation is 1. The Morgan fingerprint density at radius 1 is 1.50 bits per heavy atom. The summed E-state index contributed by atoms with van der Waals surface area (Å²) >= 11 is 5.24. The number of H-pyrrole nitrogens is 1. The number of aromatic amines is 1. The molecule has 0 aliphatic carbocycles. The Kier molecular flexibility index (Phi) is 3.21. The highest BCUT2D eigenvalue weighted by Gasteiger charge is 2.25. The van der Waals surface area contributed by atoms with E-state index in [1.54, 1.807) is 0 Å². The average molecular weight is 260 g/mol. The van der Waals surface area contributed by atoms with Crippen LogP contribution >= 0.6 is 12.2 Å². The first kappa shape index (κ1) is 11.9. The summed E-state index contributed by atoms with van der Waals surface area (Å²) in [5, 5.41) is 0. The first-order valence-electron chi connectivity index (χ1n) is 5.52. The largest absolute Gasteiger partial charge is 0.337 e. The molecule has 1 aromatic rings. The van der Waals surface area contributed by atoms with Crippen LogP contribution in [0.25, 0.3) is 0 Å². The minimum Gasteiger partial charge on any atom is -0.337 e. The smallest absolute Gasteiger partial charge is 0.177 e. The molecule has 0 saturated carbocycles. The predicted molar refractivity (Wildman–Crippen MR) is 65.9 cm³/mol. The summed E-state index contributed by atoms with van der Waals surface area (Å²) in [5.74, 6) is 0.571. The number of sulfone groups is 1. The van der Waals surface area contributed by atoms with E-state index in [0.29, 0.717) is 17.6 Å². The van der Waals surface area contributed by atoms with E-state index in [-0.39, 0.29) is 17.5 Å². The number of nitrogens with one attached hydrogen (secondary N) is 1. The maximum Gasteiger partial charge on any atom is 0.177 e. The zero-order valence-electron chi connectivity index (χ0n) is 9.27. The van der Waals surface area contributed by atoms with Gasteiger partial charge in [-0.25, -0.2) is 8.42 Å². The molecule has 1 fully saturated rings. The molecule has 4 nitrogen and oxygen atoms in total. The minimum atomic E-state index is -2.80. The highest BCUT2D eigenvalue weighted by atomic mass is 32.2. The summed E-state index contributed by atoms with van der Waals surface area (Å²) in [6.45, 7) is 2.08. The Bertz CT molecular complexity index is 513. The highest BCUT2D eigenvalue weighted by molar-refractivity contribution is 7.91. The van der Waals surface area contributed by atoms with Crippen LogP contribution in [0, 0.1) is 4.77 Å². The van der Waals surface area contributed by atoms with Crippen molar-refractivity contribution in [3.05, 3.63) is 16.7 Å². The molecule has 6 heteroatoms. The van der Waals surface area contributed by atoms with Crippen LogP contribution in [0.3, 0.4) is 0 Å². The first-order valence-corrected chi connectivity index (χ1v) is 7.75. The van der Waals surface area contributed by atoms with Gasteiger partial charge in [-0.15, -0.1) is 0 Å². The van der Waals surface area contributed by atoms with Crippen molar-refractivity contribution >= 4 is 22.1 Å². The third kappa shape index (κ3) is 2.22. The van der Waals surface area contributed by atoms with Gasteiger partial charge in [0.05, 0.1) is 11.5 Å². The van der Waals surface area contributed by atoms with Gasteiger partial charge in [-0.2, -0.15) is 0 Å². The van der Waals surface area contributed by atoms with Gasteiger partial charge in [0.1, 0.15) is 9.84 Å². The molecule has 1 saturated heterocycles. The van der Waals surface area contributed by atoms with Gasteiger partial charge < -0.3 is 9.55 Å². The Labute approximate surface area is 101 Å². The quantitative estimate of drug-likeness (QED) is 0.826. The minimum absolute atomic E-state index is 0.247. The van der Waals surface area contributed by atoms with E-state index < -0.39 is 9.84 Å². The lowest BCUT2D eigenvalue weighted by molar-refractivity contribution is 0.435. The normalized spacial score (nSPS) is 21.1. The fourth-order valence-corrected chi connectivity index (χ4v) is 4.01. The van der Waals surface area contributed by atoms with E-state index in [1.807, 2.05) is 6.20 Å². The Morgan fingerprint density at radius 2 is 2.12 bits per heavy atom. The van der Waals surface area contributed by atoms with Crippen molar-refractivity contribution < 1.29 is 8.42 Å². The summed E-state index contributed by atoms with van der Waals surface area (Å²) in [5.41, 5.74) is 1.16. The second kappa shape index (κ2) is 4.33. The Balaban J connectivity index is 2.26. The van der Waals surface area contributed by atoms with Crippen molar-refractivity contribution in [2.45, 2.75) is 32.2 Å². The molecule has 2 heterocycles. The number of nitrogens with zero attached hydrogens (tertiary/aromatic N) is 1. The molecule has 0 amide bonds. The van der Waals surface area contributed by atoms with Crippen molar-refractivity contribution in [1.82, 2.24) is 9.55 Å². The molecule has 2 rings (SSSR count). The van der Waals surface area contributed by atoms with Crippen molar-refractivity contribution in [3.63, 3.8) is 0 Å². The first-order chi connectivity index (χ1) is 7.53. The lowest BCUT2D eigenvalue weighted by Gasteiger charge is -2.24. The molecule has 1 N–H and O–H groups in total. The van der Waals surface area contributed by atoms with Gasteiger partial charge in [-0.05, 0) is 31.5 Å². The summed E-state index contributed by atoms with van der Waals surface area (Å²) < 4.78 is 25.5. The molecule has 1 aliphatic rings. The number of aromatic nitrogens is 2. The van der Waals surface area contributed by atoms with E-state index in [1.165, 1.54) is 0 Å². The van der Waals surface area contributed by atoms with E-state index in [4.69, 9.17) is 12.2 Å². The molecule has 90 valence electrons. The van der Waals surface area contributed by atoms with Crippen LogP contribution in [-0.2, 0) is 16.3 Å². The molecular formula is C10H16N2O2S2. The Morgan fingerprint density at radius 3 is 2.69 bits per heavy atom. The molecule has 0 bridgehead atoms. The van der Waals surface area contributed by atoms with Gasteiger partial charge in [-0.1, -0.05) is 6.92 Å². The zero-order chi connectivity index (χ0) is 11.8. The van der Waals surface area contributed by atoms with Crippen molar-refractivity contribution in [1.29, 1.82) is 0 Å². The second-order valence-electron chi connectivity index (χ2n) is 4.19. The SMILES string of the molecule is CCc1c[nH]c(=S)n1C1CCS(=O)(=O)CC1. The van der Waals surface area contributed by atoms with E-state index in [2.05, 4.69) is 16.5 Å². The van der Waals surface area contributed by atoms with Crippen LogP contribution in [0.2, 0.25) is 0 Å². The van der Waals surface area contributed by atoms with Crippen LogP contribution < -0.4 is 0 Å². The number of rotatable bonds is 2. The maximum atomic E-state index is 11.4.